The molecule has 1 aliphatic rings. The lowest BCUT2D eigenvalue weighted by Crippen LogP contribution is -2.23. The van der Waals surface area contributed by atoms with Crippen LogP contribution in [-0.4, -0.2) is 31.2 Å². The lowest BCUT2D eigenvalue weighted by Gasteiger charge is -2.12. The van der Waals surface area contributed by atoms with Crippen LogP contribution < -0.4 is 11.1 Å². The molecule has 1 heterocycles. The Balaban J connectivity index is 2.72. The van der Waals surface area contributed by atoms with Gasteiger partial charge in [-0.1, -0.05) is 0 Å². The van der Waals surface area contributed by atoms with E-state index in [1.54, 1.807) is 18.9 Å². The highest BCUT2D eigenvalue weighted by Gasteiger charge is 2.24. The normalized spacial score (nSPS) is 16.3. The summed E-state index contributed by atoms with van der Waals surface area (Å²) in [4.78, 5) is 12.9. The lowest BCUT2D eigenvalue weighted by atomic mass is 10.4. The number of hydrogen-bond acceptors (Lipinski definition) is 5. The Kier molecular flexibility index (Phi) is 2.42. The van der Waals surface area contributed by atoms with Gasteiger partial charge < -0.3 is 20.7 Å². The number of hydrogen-bond donors (Lipinski definition) is 2. The number of ether oxygens (including phenoxy) is 1. The van der Waals surface area contributed by atoms with Crippen molar-refractivity contribution in [3.05, 3.63) is 11.5 Å². The molecule has 0 fully saturated rings. The Morgan fingerprint density at radius 3 is 2.92 bits per heavy atom. The Hall–Kier alpha value is -1.39. The minimum atomic E-state index is -0.373. The molecule has 0 aromatic carbocycles. The number of esters is 1. The topological polar surface area (TPSA) is 67.6 Å². The molecule has 1 rings (SSSR count). The third kappa shape index (κ3) is 1.44. The molecule has 3 N–H and O–H groups in total. The molecular weight excluding hydrogens is 158 g/mol. The predicted octanol–water partition coefficient (Wildman–Crippen LogP) is -0.830. The van der Waals surface area contributed by atoms with Gasteiger partial charge in [-0.3, -0.25) is 0 Å². The van der Waals surface area contributed by atoms with E-state index in [1.165, 1.54) is 0 Å². The van der Waals surface area contributed by atoms with Gasteiger partial charge in [-0.2, -0.15) is 0 Å². The van der Waals surface area contributed by atoms with Crippen molar-refractivity contribution < 1.29 is 9.53 Å². The number of likely N-dealkylation sites (N-methyl/N-ethyl adjacent to an activating group) is 1. The first-order valence-corrected chi connectivity index (χ1v) is 3.78. The van der Waals surface area contributed by atoms with Crippen LogP contribution in [0.25, 0.3) is 0 Å². The summed E-state index contributed by atoms with van der Waals surface area (Å²) in [6, 6.07) is 0. The standard InChI is InChI=1S/C7H13N3O2/c1-3-12-7(11)5-6(8)9-4-10(5)2/h9H,3-4,8H2,1-2H3. The second kappa shape index (κ2) is 3.34. The third-order valence-corrected chi connectivity index (χ3v) is 1.61. The van der Waals surface area contributed by atoms with Crippen molar-refractivity contribution in [1.82, 2.24) is 10.2 Å². The van der Waals surface area contributed by atoms with Crippen LogP contribution in [0.15, 0.2) is 11.5 Å². The second-order valence-electron chi connectivity index (χ2n) is 2.52. The van der Waals surface area contributed by atoms with Gasteiger partial charge in [0.15, 0.2) is 5.70 Å². The molecule has 0 spiro atoms. The van der Waals surface area contributed by atoms with Crippen molar-refractivity contribution in [2.45, 2.75) is 6.92 Å². The first-order chi connectivity index (χ1) is 5.66. The summed E-state index contributed by atoms with van der Waals surface area (Å²) < 4.78 is 4.81. The zero-order chi connectivity index (χ0) is 9.14. The van der Waals surface area contributed by atoms with Gasteiger partial charge >= 0.3 is 5.97 Å². The van der Waals surface area contributed by atoms with Crippen molar-refractivity contribution in [3.8, 4) is 0 Å². The summed E-state index contributed by atoms with van der Waals surface area (Å²) >= 11 is 0. The molecule has 0 saturated heterocycles. The Morgan fingerprint density at radius 1 is 1.83 bits per heavy atom. The molecule has 0 atom stereocenters. The van der Waals surface area contributed by atoms with E-state index in [0.29, 0.717) is 24.8 Å². The number of nitrogens with two attached hydrogens (primary N) is 1. The van der Waals surface area contributed by atoms with Gasteiger partial charge in [0.25, 0.3) is 0 Å². The first-order valence-electron chi connectivity index (χ1n) is 3.78. The summed E-state index contributed by atoms with van der Waals surface area (Å²) in [6.07, 6.45) is 0. The molecule has 0 radical (unpaired) electrons. The van der Waals surface area contributed by atoms with Crippen molar-refractivity contribution in [2.75, 3.05) is 20.3 Å². The SMILES string of the molecule is CCOC(=O)C1=C(N)NCN1C. The van der Waals surface area contributed by atoms with Crippen LogP contribution in [0.2, 0.25) is 0 Å². The van der Waals surface area contributed by atoms with Crippen molar-refractivity contribution in [1.29, 1.82) is 0 Å². The number of carbonyl (C=O) groups is 1. The average Bonchev–Trinajstić information content (AvgIpc) is 2.32. The molecule has 5 heteroatoms. The van der Waals surface area contributed by atoms with Gasteiger partial charge in [0.2, 0.25) is 0 Å². The summed E-state index contributed by atoms with van der Waals surface area (Å²) in [5.74, 6) is 0.0125. The Labute approximate surface area is 71.2 Å². The molecule has 0 aromatic rings. The average molecular weight is 171 g/mol. The van der Waals surface area contributed by atoms with Crippen LogP contribution in [0.5, 0.6) is 0 Å². The maximum Gasteiger partial charge on any atom is 0.358 e. The van der Waals surface area contributed by atoms with E-state index >= 15 is 0 Å². The van der Waals surface area contributed by atoms with E-state index in [9.17, 15) is 4.79 Å². The molecule has 0 aliphatic carbocycles. The van der Waals surface area contributed by atoms with Crippen LogP contribution >= 0.6 is 0 Å². The number of rotatable bonds is 2. The predicted molar refractivity (Wildman–Crippen MR) is 43.6 cm³/mol. The van der Waals surface area contributed by atoms with Gasteiger partial charge in [-0.25, -0.2) is 4.79 Å². The van der Waals surface area contributed by atoms with Gasteiger partial charge in [-0.15, -0.1) is 0 Å². The maximum absolute atomic E-state index is 11.2. The summed E-state index contributed by atoms with van der Waals surface area (Å²) in [6.45, 7) is 2.68. The van der Waals surface area contributed by atoms with Crippen LogP contribution in [0.1, 0.15) is 6.92 Å². The van der Waals surface area contributed by atoms with E-state index < -0.39 is 0 Å². The zero-order valence-corrected chi connectivity index (χ0v) is 7.26. The number of nitrogens with one attached hydrogen (secondary N) is 1. The van der Waals surface area contributed by atoms with Gasteiger partial charge in [0, 0.05) is 7.05 Å². The molecule has 1 aliphatic heterocycles. The third-order valence-electron chi connectivity index (χ3n) is 1.61. The quantitative estimate of drug-likeness (QED) is 0.531. The van der Waals surface area contributed by atoms with Crippen molar-refractivity contribution in [3.63, 3.8) is 0 Å². The Bertz CT molecular complexity index is 225. The monoisotopic (exact) mass is 171 g/mol. The first kappa shape index (κ1) is 8.70. The number of nitrogens with zero attached hydrogens (tertiary/aromatic N) is 1. The lowest BCUT2D eigenvalue weighted by molar-refractivity contribution is -0.140. The molecule has 0 amide bonds. The van der Waals surface area contributed by atoms with Crippen molar-refractivity contribution >= 4 is 5.97 Å². The van der Waals surface area contributed by atoms with Crippen molar-refractivity contribution in [2.24, 2.45) is 5.73 Å². The smallest absolute Gasteiger partial charge is 0.358 e. The van der Waals surface area contributed by atoms with E-state index in [2.05, 4.69) is 5.32 Å². The fourth-order valence-electron chi connectivity index (χ4n) is 1.04. The summed E-state index contributed by atoms with van der Waals surface area (Å²) in [7, 11) is 1.78. The molecule has 12 heavy (non-hydrogen) atoms. The summed E-state index contributed by atoms with van der Waals surface area (Å²) in [5, 5.41) is 2.84. The van der Waals surface area contributed by atoms with Crippen LogP contribution in [0.3, 0.4) is 0 Å². The van der Waals surface area contributed by atoms with E-state index in [-0.39, 0.29) is 5.97 Å². The van der Waals surface area contributed by atoms with Gasteiger partial charge in [0.05, 0.1) is 13.3 Å². The molecule has 5 nitrogen and oxygen atoms in total. The maximum atomic E-state index is 11.2. The second-order valence-corrected chi connectivity index (χ2v) is 2.52. The summed E-state index contributed by atoms with van der Waals surface area (Å²) in [5.41, 5.74) is 5.94. The molecule has 0 bridgehead atoms. The van der Waals surface area contributed by atoms with Gasteiger partial charge in [0.1, 0.15) is 5.82 Å². The zero-order valence-electron chi connectivity index (χ0n) is 7.26. The van der Waals surface area contributed by atoms with Crippen LogP contribution in [-0.2, 0) is 9.53 Å². The minimum Gasteiger partial charge on any atom is -0.461 e. The van der Waals surface area contributed by atoms with Crippen LogP contribution in [0, 0.1) is 0 Å². The fraction of sp³-hybridized carbons (Fsp3) is 0.571. The molecule has 68 valence electrons. The van der Waals surface area contributed by atoms with E-state index in [4.69, 9.17) is 10.5 Å². The molecule has 0 aromatic heterocycles. The minimum absolute atomic E-state index is 0.365. The highest BCUT2D eigenvalue weighted by molar-refractivity contribution is 5.88. The van der Waals surface area contributed by atoms with E-state index in [0.717, 1.165) is 0 Å². The Morgan fingerprint density at radius 2 is 2.50 bits per heavy atom. The largest absolute Gasteiger partial charge is 0.461 e. The fourth-order valence-corrected chi connectivity index (χ4v) is 1.04. The molecular formula is C7H13N3O2. The number of carbonyl (C=O) groups excluding carboxylic acids is 1. The highest BCUT2D eigenvalue weighted by Crippen LogP contribution is 2.10. The van der Waals surface area contributed by atoms with Gasteiger partial charge in [-0.05, 0) is 6.92 Å². The highest BCUT2D eigenvalue weighted by atomic mass is 16.5. The molecule has 0 unspecified atom stereocenters. The molecule has 0 saturated carbocycles. The van der Waals surface area contributed by atoms with E-state index in [1.807, 2.05) is 0 Å². The van der Waals surface area contributed by atoms with Crippen LogP contribution in [0.4, 0.5) is 0 Å².